The first-order chi connectivity index (χ1) is 10.7. The molecule has 0 heterocycles. The van der Waals surface area contributed by atoms with Crippen molar-refractivity contribution in [3.8, 4) is 0 Å². The first kappa shape index (κ1) is 15.5. The number of rotatable bonds is 6. The van der Waals surface area contributed by atoms with Crippen molar-refractivity contribution in [2.75, 3.05) is 11.9 Å². The number of ether oxygens (including phenoxy) is 1. The van der Waals surface area contributed by atoms with Gasteiger partial charge in [0.05, 0.1) is 5.69 Å². The van der Waals surface area contributed by atoms with Crippen molar-refractivity contribution in [1.82, 2.24) is 0 Å². The van der Waals surface area contributed by atoms with Crippen LogP contribution < -0.4 is 5.32 Å². The normalized spacial score (nSPS) is 9.82. The molecule has 22 heavy (non-hydrogen) atoms. The third-order valence-electron chi connectivity index (χ3n) is 3.06. The highest BCUT2D eigenvalue weighted by Gasteiger charge is 2.02. The second kappa shape index (κ2) is 7.78. The smallest absolute Gasteiger partial charge is 0.411 e. The molecule has 0 atom stereocenters. The van der Waals surface area contributed by atoms with Crippen molar-refractivity contribution in [2.24, 2.45) is 4.99 Å². The van der Waals surface area contributed by atoms with Gasteiger partial charge in [0.15, 0.2) is 0 Å². The van der Waals surface area contributed by atoms with E-state index in [1.807, 2.05) is 48.5 Å². The van der Waals surface area contributed by atoms with Crippen LogP contribution in [0.2, 0.25) is 0 Å². The molecule has 0 aliphatic rings. The maximum Gasteiger partial charge on any atom is 0.411 e. The minimum absolute atomic E-state index is 0.194. The highest BCUT2D eigenvalue weighted by Crippen LogP contribution is 2.17. The number of hydrogen-bond donors (Lipinski definition) is 1. The van der Waals surface area contributed by atoms with Gasteiger partial charge in [0, 0.05) is 5.69 Å². The van der Waals surface area contributed by atoms with E-state index < -0.39 is 6.09 Å². The molecule has 4 heteroatoms. The number of nitrogens with zero attached hydrogens (tertiary/aromatic N) is 1. The predicted molar refractivity (Wildman–Crippen MR) is 90.1 cm³/mol. The van der Waals surface area contributed by atoms with Gasteiger partial charge in [0.2, 0.25) is 0 Å². The van der Waals surface area contributed by atoms with Gasteiger partial charge in [-0.25, -0.2) is 4.79 Å². The van der Waals surface area contributed by atoms with Crippen LogP contribution in [0.4, 0.5) is 16.2 Å². The molecule has 2 aromatic rings. The monoisotopic (exact) mass is 294 g/mol. The molecular formula is C18H18N2O2. The molecule has 0 radical (unpaired) electrons. The Morgan fingerprint density at radius 2 is 1.68 bits per heavy atom. The summed E-state index contributed by atoms with van der Waals surface area (Å²) in [6, 6.07) is 15.6. The summed E-state index contributed by atoms with van der Waals surface area (Å²) in [6.07, 6.45) is 1.86. The number of nitrogens with one attached hydrogen (secondary N) is 1. The third kappa shape index (κ3) is 4.59. The van der Waals surface area contributed by atoms with E-state index in [0.29, 0.717) is 5.69 Å². The molecular weight excluding hydrogens is 276 g/mol. The molecule has 0 saturated heterocycles. The van der Waals surface area contributed by atoms with Crippen molar-refractivity contribution < 1.29 is 9.53 Å². The molecule has 2 rings (SSSR count). The minimum Gasteiger partial charge on any atom is -0.445 e. The number of aliphatic imine (C=N–C) groups is 1. The zero-order valence-corrected chi connectivity index (χ0v) is 12.3. The number of carbonyl (C=O) groups is 1. The summed E-state index contributed by atoms with van der Waals surface area (Å²) in [7, 11) is 0. The number of benzene rings is 2. The minimum atomic E-state index is -0.486. The van der Waals surface area contributed by atoms with Gasteiger partial charge >= 0.3 is 6.09 Å². The number of anilines is 1. The highest BCUT2D eigenvalue weighted by atomic mass is 16.5. The lowest BCUT2D eigenvalue weighted by Gasteiger charge is -2.07. The van der Waals surface area contributed by atoms with Gasteiger partial charge in [-0.3, -0.25) is 10.3 Å². The molecule has 0 aromatic heterocycles. The van der Waals surface area contributed by atoms with Crippen LogP contribution in [0.1, 0.15) is 11.1 Å². The first-order valence-electron chi connectivity index (χ1n) is 6.90. The van der Waals surface area contributed by atoms with Gasteiger partial charge in [0.1, 0.15) is 6.61 Å². The molecule has 0 saturated carbocycles. The largest absolute Gasteiger partial charge is 0.445 e. The van der Waals surface area contributed by atoms with E-state index in [-0.39, 0.29) is 6.61 Å². The molecule has 1 amide bonds. The Bertz CT molecular complexity index is 646. The average Bonchev–Trinajstić information content (AvgIpc) is 2.55. The number of amides is 1. The fourth-order valence-corrected chi connectivity index (χ4v) is 1.95. The van der Waals surface area contributed by atoms with Crippen molar-refractivity contribution in [3.63, 3.8) is 0 Å². The van der Waals surface area contributed by atoms with Crippen LogP contribution in [0, 0.1) is 0 Å². The predicted octanol–water partition coefficient (Wildman–Crippen LogP) is 4.34. The standard InChI is InChI=1S/C18H18N2O2/c1-3-12-22-18(21)20-17-10-6-15(7-11-17)13-14-4-8-16(19-2)9-5-14/h3-11H,1-2,12-13H2,(H,20,21). The van der Waals surface area contributed by atoms with Crippen LogP contribution in [0.3, 0.4) is 0 Å². The Balaban J connectivity index is 1.94. The van der Waals surface area contributed by atoms with Gasteiger partial charge in [-0.2, -0.15) is 0 Å². The van der Waals surface area contributed by atoms with Crippen LogP contribution in [0.15, 0.2) is 66.2 Å². The molecule has 0 aliphatic heterocycles. The number of hydrogen-bond acceptors (Lipinski definition) is 3. The lowest BCUT2D eigenvalue weighted by Crippen LogP contribution is -2.13. The van der Waals surface area contributed by atoms with E-state index in [2.05, 4.69) is 23.6 Å². The first-order valence-corrected chi connectivity index (χ1v) is 6.90. The van der Waals surface area contributed by atoms with E-state index in [0.717, 1.165) is 17.7 Å². The molecule has 4 nitrogen and oxygen atoms in total. The Morgan fingerprint density at radius 3 is 2.23 bits per heavy atom. The molecule has 112 valence electrons. The maximum absolute atomic E-state index is 11.4. The van der Waals surface area contributed by atoms with Crippen molar-refractivity contribution >= 4 is 24.2 Å². The van der Waals surface area contributed by atoms with E-state index in [4.69, 9.17) is 4.74 Å². The van der Waals surface area contributed by atoms with Crippen molar-refractivity contribution in [2.45, 2.75) is 6.42 Å². The fourth-order valence-electron chi connectivity index (χ4n) is 1.95. The van der Waals surface area contributed by atoms with Gasteiger partial charge in [-0.05, 0) is 48.5 Å². The molecule has 0 fully saturated rings. The number of carbonyl (C=O) groups excluding carboxylic acids is 1. The highest BCUT2D eigenvalue weighted by molar-refractivity contribution is 5.84. The topological polar surface area (TPSA) is 50.7 Å². The molecule has 0 unspecified atom stereocenters. The molecule has 0 aliphatic carbocycles. The summed E-state index contributed by atoms with van der Waals surface area (Å²) in [5.74, 6) is 0. The molecule has 1 N–H and O–H groups in total. The zero-order valence-electron chi connectivity index (χ0n) is 12.3. The van der Waals surface area contributed by atoms with Gasteiger partial charge in [-0.15, -0.1) is 0 Å². The fraction of sp³-hybridized carbons (Fsp3) is 0.111. The Kier molecular flexibility index (Phi) is 5.49. The summed E-state index contributed by atoms with van der Waals surface area (Å²) >= 11 is 0. The molecule has 2 aromatic carbocycles. The second-order valence-electron chi connectivity index (χ2n) is 4.71. The third-order valence-corrected chi connectivity index (χ3v) is 3.06. The van der Waals surface area contributed by atoms with Crippen LogP contribution in [-0.2, 0) is 11.2 Å². The van der Waals surface area contributed by atoms with Crippen LogP contribution in [0.25, 0.3) is 0 Å². The van der Waals surface area contributed by atoms with Crippen LogP contribution in [-0.4, -0.2) is 19.4 Å². The summed E-state index contributed by atoms with van der Waals surface area (Å²) < 4.78 is 4.86. The molecule has 0 spiro atoms. The summed E-state index contributed by atoms with van der Waals surface area (Å²) in [4.78, 5) is 15.3. The molecule has 0 bridgehead atoms. The maximum atomic E-state index is 11.4. The second-order valence-corrected chi connectivity index (χ2v) is 4.71. The van der Waals surface area contributed by atoms with E-state index in [9.17, 15) is 4.79 Å². The lowest BCUT2D eigenvalue weighted by atomic mass is 10.0. The summed E-state index contributed by atoms with van der Waals surface area (Å²) in [5.41, 5.74) is 3.91. The van der Waals surface area contributed by atoms with E-state index >= 15 is 0 Å². The van der Waals surface area contributed by atoms with E-state index in [1.165, 1.54) is 11.6 Å². The van der Waals surface area contributed by atoms with Gasteiger partial charge in [-0.1, -0.05) is 36.9 Å². The Morgan fingerprint density at radius 1 is 1.09 bits per heavy atom. The Hall–Kier alpha value is -2.88. The van der Waals surface area contributed by atoms with Crippen molar-refractivity contribution in [1.29, 1.82) is 0 Å². The lowest BCUT2D eigenvalue weighted by molar-refractivity contribution is 0.174. The average molecular weight is 294 g/mol. The van der Waals surface area contributed by atoms with Crippen LogP contribution >= 0.6 is 0 Å². The SMILES string of the molecule is C=CCOC(=O)Nc1ccc(Cc2ccc(N=C)cc2)cc1. The zero-order chi connectivity index (χ0) is 15.8. The quantitative estimate of drug-likeness (QED) is 0.636. The van der Waals surface area contributed by atoms with Crippen molar-refractivity contribution in [3.05, 3.63) is 72.3 Å². The summed E-state index contributed by atoms with van der Waals surface area (Å²) in [6.45, 7) is 7.18. The van der Waals surface area contributed by atoms with Gasteiger partial charge in [0.25, 0.3) is 0 Å². The summed E-state index contributed by atoms with van der Waals surface area (Å²) in [5, 5.41) is 2.65. The van der Waals surface area contributed by atoms with E-state index in [1.54, 1.807) is 0 Å². The van der Waals surface area contributed by atoms with Crippen LogP contribution in [0.5, 0.6) is 0 Å². The Labute approximate surface area is 130 Å². The van der Waals surface area contributed by atoms with Gasteiger partial charge < -0.3 is 4.74 Å².